The number of benzene rings is 2. The fourth-order valence-corrected chi connectivity index (χ4v) is 10.2. The van der Waals surface area contributed by atoms with Crippen LogP contribution in [-0.4, -0.2) is 85.3 Å². The minimum absolute atomic E-state index is 0.0326. The summed E-state index contributed by atoms with van der Waals surface area (Å²) >= 11 is 1.67. The van der Waals surface area contributed by atoms with Gasteiger partial charge in [0.15, 0.2) is 0 Å². The highest BCUT2D eigenvalue weighted by atomic mass is 32.2. The fraction of sp³-hybridized carbons (Fsp3) is 0.472. The minimum Gasteiger partial charge on any atom is -0.394 e. The van der Waals surface area contributed by atoms with Crippen LogP contribution in [0.1, 0.15) is 38.3 Å². The first-order valence-electron chi connectivity index (χ1n) is 15.7. The molecular weight excluding hydrogens is 570 g/mol. The molecule has 5 rings (SSSR count). The van der Waals surface area contributed by atoms with E-state index < -0.39 is 28.7 Å². The predicted molar refractivity (Wildman–Crippen MR) is 176 cm³/mol. The van der Waals surface area contributed by atoms with Crippen molar-refractivity contribution in [2.24, 2.45) is 17.8 Å². The number of aliphatic hydroxyl groups excluding tert-OH is 1. The molecule has 0 aromatic heterocycles. The molecule has 1 N–H and O–H groups in total. The molecule has 0 aliphatic carbocycles. The van der Waals surface area contributed by atoms with Crippen LogP contribution in [0, 0.1) is 17.8 Å². The van der Waals surface area contributed by atoms with Crippen LogP contribution in [0.25, 0.3) is 0 Å². The summed E-state index contributed by atoms with van der Waals surface area (Å²) in [5.74, 6) is -1.59. The van der Waals surface area contributed by atoms with Crippen LogP contribution in [0.4, 0.5) is 0 Å². The van der Waals surface area contributed by atoms with Crippen LogP contribution in [0.5, 0.6) is 0 Å². The molecule has 3 fully saturated rings. The number of nitrogens with zero attached hydrogens (tertiary/aromatic N) is 3. The molecule has 44 heavy (non-hydrogen) atoms. The summed E-state index contributed by atoms with van der Waals surface area (Å²) in [5, 5.41) is 10.7. The van der Waals surface area contributed by atoms with Gasteiger partial charge in [0, 0.05) is 30.9 Å². The molecule has 8 heteroatoms. The third-order valence-corrected chi connectivity index (χ3v) is 11.8. The molecule has 2 aromatic carbocycles. The Morgan fingerprint density at radius 2 is 1.64 bits per heavy atom. The van der Waals surface area contributed by atoms with E-state index in [1.165, 1.54) is 0 Å². The first-order valence-corrected chi connectivity index (χ1v) is 16.6. The lowest BCUT2D eigenvalue weighted by Gasteiger charge is -2.43. The fourth-order valence-electron chi connectivity index (χ4n) is 7.81. The summed E-state index contributed by atoms with van der Waals surface area (Å²) in [4.78, 5) is 49.3. The Hall–Kier alpha value is -3.36. The van der Waals surface area contributed by atoms with E-state index in [1.807, 2.05) is 74.5 Å². The van der Waals surface area contributed by atoms with E-state index in [-0.39, 0.29) is 41.5 Å². The van der Waals surface area contributed by atoms with Gasteiger partial charge < -0.3 is 19.8 Å². The molecule has 3 aliphatic rings. The van der Waals surface area contributed by atoms with Crippen molar-refractivity contribution >= 4 is 29.5 Å². The number of carbonyl (C=O) groups is 3. The smallest absolute Gasteiger partial charge is 0.247 e. The SMILES string of the molecule is C=CCN(Cc1ccccc1)C(=O)[C@@H]1[C@H]2C(=O)N([C@@H](CO)Cc3ccccc3)C(C(=O)N(CC=C)C(C)C)C23S[C@@H]1CC3C. The highest BCUT2D eigenvalue weighted by Crippen LogP contribution is 2.69. The van der Waals surface area contributed by atoms with Gasteiger partial charge in [-0.15, -0.1) is 24.9 Å². The van der Waals surface area contributed by atoms with Crippen LogP contribution in [0.3, 0.4) is 0 Å². The largest absolute Gasteiger partial charge is 0.394 e. The van der Waals surface area contributed by atoms with E-state index in [4.69, 9.17) is 0 Å². The quantitative estimate of drug-likeness (QED) is 0.334. The van der Waals surface area contributed by atoms with E-state index in [9.17, 15) is 19.5 Å². The standard InChI is InChI=1S/C36H45N3O4S/c1-6-18-37(22-27-16-12-9-13-17-27)33(41)30-29-20-25(5)36(44-29)31(30)34(42)39(28(23-40)21-26-14-10-8-11-15-26)32(36)35(43)38(19-7-2)24(3)4/h6-17,24-25,28-32,40H,1-2,18-23H2,3-5H3/t25?,28-,29-,30+,31+,32?,36?/m1/s1. The second-order valence-electron chi connectivity index (χ2n) is 12.7. The number of carbonyl (C=O) groups excluding carboxylic acids is 3. The van der Waals surface area contributed by atoms with Gasteiger partial charge in [-0.05, 0) is 43.7 Å². The summed E-state index contributed by atoms with van der Waals surface area (Å²) in [6.07, 6.45) is 4.61. The maximum absolute atomic E-state index is 14.8. The van der Waals surface area contributed by atoms with Crippen molar-refractivity contribution in [2.75, 3.05) is 19.7 Å². The lowest BCUT2D eigenvalue weighted by Crippen LogP contribution is -2.60. The van der Waals surface area contributed by atoms with E-state index in [1.54, 1.807) is 38.6 Å². The molecule has 7 atom stereocenters. The molecule has 2 bridgehead atoms. The zero-order valence-corrected chi connectivity index (χ0v) is 26.9. The molecule has 3 saturated heterocycles. The van der Waals surface area contributed by atoms with Crippen LogP contribution in [-0.2, 0) is 27.3 Å². The van der Waals surface area contributed by atoms with Gasteiger partial charge in [0.1, 0.15) is 6.04 Å². The van der Waals surface area contributed by atoms with E-state index >= 15 is 0 Å². The molecule has 0 saturated carbocycles. The zero-order chi connectivity index (χ0) is 31.6. The van der Waals surface area contributed by atoms with Crippen molar-refractivity contribution in [2.45, 2.75) is 68.3 Å². The number of hydrogen-bond acceptors (Lipinski definition) is 5. The third kappa shape index (κ3) is 5.51. The molecular formula is C36H45N3O4S. The topological polar surface area (TPSA) is 81.2 Å². The van der Waals surface area contributed by atoms with Gasteiger partial charge in [0.25, 0.3) is 0 Å². The van der Waals surface area contributed by atoms with Crippen molar-refractivity contribution < 1.29 is 19.5 Å². The van der Waals surface area contributed by atoms with Crippen LogP contribution in [0.2, 0.25) is 0 Å². The first-order chi connectivity index (χ1) is 21.2. The molecule has 3 heterocycles. The van der Waals surface area contributed by atoms with Crippen molar-refractivity contribution in [1.82, 2.24) is 14.7 Å². The van der Waals surface area contributed by atoms with Gasteiger partial charge in [-0.1, -0.05) is 79.7 Å². The van der Waals surface area contributed by atoms with Crippen LogP contribution >= 0.6 is 11.8 Å². The van der Waals surface area contributed by atoms with E-state index in [2.05, 4.69) is 20.1 Å². The number of aliphatic hydroxyl groups is 1. The number of hydrogen-bond donors (Lipinski definition) is 1. The average molecular weight is 616 g/mol. The van der Waals surface area contributed by atoms with Crippen molar-refractivity contribution in [3.63, 3.8) is 0 Å². The second-order valence-corrected chi connectivity index (χ2v) is 14.2. The average Bonchev–Trinajstić information content (AvgIpc) is 3.62. The molecule has 3 amide bonds. The Kier molecular flexibility index (Phi) is 9.71. The third-order valence-electron chi connectivity index (χ3n) is 9.73. The Morgan fingerprint density at radius 1 is 1.02 bits per heavy atom. The highest BCUT2D eigenvalue weighted by molar-refractivity contribution is 8.02. The van der Waals surface area contributed by atoms with Gasteiger partial charge in [0.2, 0.25) is 17.7 Å². The van der Waals surface area contributed by atoms with Gasteiger partial charge in [-0.2, -0.15) is 0 Å². The summed E-state index contributed by atoms with van der Waals surface area (Å²) < 4.78 is -0.774. The first kappa shape index (κ1) is 32.0. The lowest BCUT2D eigenvalue weighted by molar-refractivity contribution is -0.147. The van der Waals surface area contributed by atoms with Gasteiger partial charge in [0.05, 0.1) is 29.2 Å². The highest BCUT2D eigenvalue weighted by Gasteiger charge is 2.77. The maximum Gasteiger partial charge on any atom is 0.247 e. The summed E-state index contributed by atoms with van der Waals surface area (Å²) in [5.41, 5.74) is 1.98. The molecule has 2 aromatic rings. The van der Waals surface area contributed by atoms with Gasteiger partial charge in [-0.25, -0.2) is 0 Å². The van der Waals surface area contributed by atoms with Crippen LogP contribution < -0.4 is 0 Å². The number of rotatable bonds is 13. The monoisotopic (exact) mass is 615 g/mol. The Bertz CT molecular complexity index is 1370. The van der Waals surface area contributed by atoms with Crippen LogP contribution in [0.15, 0.2) is 86.0 Å². The minimum atomic E-state index is -0.798. The summed E-state index contributed by atoms with van der Waals surface area (Å²) in [6, 6.07) is 18.1. The number of fused-ring (bicyclic) bond motifs is 1. The number of amides is 3. The number of thioether (sulfide) groups is 1. The molecule has 1 spiro atoms. The van der Waals surface area contributed by atoms with E-state index in [0.29, 0.717) is 26.1 Å². The summed E-state index contributed by atoms with van der Waals surface area (Å²) in [7, 11) is 0. The van der Waals surface area contributed by atoms with Gasteiger partial charge >= 0.3 is 0 Å². The maximum atomic E-state index is 14.8. The zero-order valence-electron chi connectivity index (χ0n) is 26.0. The van der Waals surface area contributed by atoms with E-state index in [0.717, 1.165) is 17.5 Å². The second kappa shape index (κ2) is 13.3. The molecule has 234 valence electrons. The Labute approximate surface area is 266 Å². The Morgan fingerprint density at radius 3 is 2.20 bits per heavy atom. The molecule has 3 unspecified atom stereocenters. The van der Waals surface area contributed by atoms with Crippen molar-refractivity contribution in [1.29, 1.82) is 0 Å². The molecule has 7 nitrogen and oxygen atoms in total. The number of likely N-dealkylation sites (tertiary alicyclic amines) is 1. The Balaban J connectivity index is 1.58. The molecule has 0 radical (unpaired) electrons. The lowest BCUT2D eigenvalue weighted by atomic mass is 9.65. The van der Waals surface area contributed by atoms with Crippen molar-refractivity contribution in [3.05, 3.63) is 97.1 Å². The molecule has 3 aliphatic heterocycles. The normalized spacial score (nSPS) is 27.7. The van der Waals surface area contributed by atoms with Crippen molar-refractivity contribution in [3.8, 4) is 0 Å². The van der Waals surface area contributed by atoms with Gasteiger partial charge in [-0.3, -0.25) is 14.4 Å². The summed E-state index contributed by atoms with van der Waals surface area (Å²) in [6.45, 7) is 14.7. The predicted octanol–water partition coefficient (Wildman–Crippen LogP) is 4.57.